The lowest BCUT2D eigenvalue weighted by atomic mass is 9.84. The van der Waals surface area contributed by atoms with Crippen molar-refractivity contribution in [3.63, 3.8) is 0 Å². The Hall–Kier alpha value is -4.06. The highest BCUT2D eigenvalue weighted by Gasteiger charge is 2.39. The lowest BCUT2D eigenvalue weighted by Gasteiger charge is -2.30. The van der Waals surface area contributed by atoms with Gasteiger partial charge in [0.25, 0.3) is 5.56 Å². The quantitative estimate of drug-likeness (QED) is 0.153. The third kappa shape index (κ3) is 9.11. The van der Waals surface area contributed by atoms with Crippen LogP contribution in [0.25, 0.3) is 11.1 Å². The maximum Gasteiger partial charge on any atom is 0.416 e. The van der Waals surface area contributed by atoms with Crippen LogP contribution in [0.2, 0.25) is 0 Å². The summed E-state index contributed by atoms with van der Waals surface area (Å²) in [6.45, 7) is 10.6. The summed E-state index contributed by atoms with van der Waals surface area (Å²) in [5, 5.41) is 12.9. The molecule has 284 valence electrons. The second-order valence-corrected chi connectivity index (χ2v) is 14.9. The molecule has 0 radical (unpaired) electrons. The molecule has 0 spiro atoms. The highest BCUT2D eigenvalue weighted by molar-refractivity contribution is 5.82. The summed E-state index contributed by atoms with van der Waals surface area (Å²) < 4.78 is 76.3. The van der Waals surface area contributed by atoms with E-state index in [-0.39, 0.29) is 41.9 Å². The minimum atomic E-state index is -4.82. The fraction of sp³-hybridized carbons (Fsp3) is 0.525. The zero-order valence-corrected chi connectivity index (χ0v) is 31.2. The summed E-state index contributed by atoms with van der Waals surface area (Å²) in [7, 11) is 3.56. The predicted octanol–water partition coefficient (Wildman–Crippen LogP) is 8.66. The largest absolute Gasteiger partial charge is 0.481 e. The maximum absolute atomic E-state index is 16.9. The van der Waals surface area contributed by atoms with Crippen molar-refractivity contribution in [2.24, 2.45) is 11.8 Å². The molecule has 1 aliphatic rings. The van der Waals surface area contributed by atoms with Gasteiger partial charge in [0.1, 0.15) is 17.7 Å². The van der Waals surface area contributed by atoms with Crippen LogP contribution >= 0.6 is 0 Å². The fourth-order valence-electron chi connectivity index (χ4n) is 7.18. The van der Waals surface area contributed by atoms with Crippen LogP contribution in [0.3, 0.4) is 0 Å². The number of aliphatic carboxylic acids is 1. The Morgan fingerprint density at radius 2 is 1.62 bits per heavy atom. The summed E-state index contributed by atoms with van der Waals surface area (Å²) in [5.74, 6) is -5.71. The lowest BCUT2D eigenvalue weighted by Crippen LogP contribution is -2.43. The van der Waals surface area contributed by atoms with E-state index in [1.165, 1.54) is 19.9 Å². The van der Waals surface area contributed by atoms with Gasteiger partial charge in [0.05, 0.1) is 17.5 Å². The number of pyridine rings is 1. The summed E-state index contributed by atoms with van der Waals surface area (Å²) in [4.78, 5) is 42.1. The molecular weight excluding hydrogens is 681 g/mol. The second kappa shape index (κ2) is 16.3. The van der Waals surface area contributed by atoms with Crippen molar-refractivity contribution >= 4 is 11.9 Å². The molecule has 2 N–H and O–H groups in total. The van der Waals surface area contributed by atoms with Gasteiger partial charge in [0.15, 0.2) is 0 Å². The van der Waals surface area contributed by atoms with Crippen molar-refractivity contribution in [3.8, 4) is 11.1 Å². The number of benzene rings is 2. The monoisotopic (exact) mass is 731 g/mol. The number of hydrogen-bond acceptors (Lipinski definition) is 4. The van der Waals surface area contributed by atoms with Gasteiger partial charge in [0.2, 0.25) is 5.91 Å². The Labute approximate surface area is 302 Å². The third-order valence-corrected chi connectivity index (χ3v) is 9.91. The van der Waals surface area contributed by atoms with Crippen LogP contribution in [0.4, 0.5) is 22.0 Å². The smallest absolute Gasteiger partial charge is 0.416 e. The van der Waals surface area contributed by atoms with Crippen LogP contribution in [0.5, 0.6) is 0 Å². The third-order valence-electron chi connectivity index (χ3n) is 9.91. The molecular formula is C40H50F5N3O4. The molecule has 3 aromatic rings. The summed E-state index contributed by atoms with van der Waals surface area (Å²) in [6, 6.07) is 2.68. The molecule has 1 amide bonds. The molecule has 12 heteroatoms. The zero-order chi connectivity index (χ0) is 38.8. The topological polar surface area (TPSA) is 91.6 Å². The number of amides is 1. The number of hydrogen-bond donors (Lipinski definition) is 2. The van der Waals surface area contributed by atoms with Crippen LogP contribution < -0.4 is 10.9 Å². The van der Waals surface area contributed by atoms with Gasteiger partial charge in [-0.15, -0.1) is 0 Å². The minimum absolute atomic E-state index is 0.0272. The van der Waals surface area contributed by atoms with Crippen molar-refractivity contribution in [1.29, 1.82) is 0 Å². The van der Waals surface area contributed by atoms with Gasteiger partial charge in [-0.2, -0.15) is 13.2 Å². The number of carbonyl (C=O) groups excluding carboxylic acids is 1. The van der Waals surface area contributed by atoms with Crippen molar-refractivity contribution < 1.29 is 36.6 Å². The van der Waals surface area contributed by atoms with Gasteiger partial charge in [-0.25, -0.2) is 8.78 Å². The van der Waals surface area contributed by atoms with Gasteiger partial charge >= 0.3 is 12.1 Å². The standard InChI is InChI=1S/C40H50F5N3O4/c1-9-28(39(51)52)37(34-35(41)24(6)18-29(36(34)42)33-22(4)16-27(17-23(33)5)25-12-13-25)46-38(50)31(15-21(2)3)48-20-26(11-10-14-47(7)8)30(19-32(48)49)40(43,44)45/h16-21,25,28,31,37H,9-15H2,1-8H3,(H,46,50)(H,51,52)/t28?,31?,37-/m0/s1. The molecule has 1 heterocycles. The highest BCUT2D eigenvalue weighted by atomic mass is 19.4. The van der Waals surface area contributed by atoms with Crippen LogP contribution in [0.15, 0.2) is 35.3 Å². The van der Waals surface area contributed by atoms with Crippen molar-refractivity contribution in [2.75, 3.05) is 20.6 Å². The Morgan fingerprint density at radius 3 is 2.12 bits per heavy atom. The average Bonchev–Trinajstić information content (AvgIpc) is 3.88. The van der Waals surface area contributed by atoms with E-state index in [0.717, 1.165) is 40.3 Å². The molecule has 0 saturated heterocycles. The molecule has 0 aliphatic heterocycles. The number of nitrogens with zero attached hydrogens (tertiary/aromatic N) is 2. The minimum Gasteiger partial charge on any atom is -0.481 e. The maximum atomic E-state index is 16.9. The molecule has 4 rings (SSSR count). The number of carbonyl (C=O) groups is 2. The summed E-state index contributed by atoms with van der Waals surface area (Å²) in [5.41, 5.74) is 0.318. The Bertz CT molecular complexity index is 1840. The first-order chi connectivity index (χ1) is 24.3. The SMILES string of the molecule is CCC(C(=O)O)[C@H](NC(=O)C(CC(C)C)n1cc(CCCN(C)C)c(C(F)(F)F)cc1=O)c1c(F)c(C)cc(-c2c(C)cc(C3CC3)cc2C)c1F. The molecule has 0 bridgehead atoms. The van der Waals surface area contributed by atoms with E-state index < -0.39 is 64.4 Å². The highest BCUT2D eigenvalue weighted by Crippen LogP contribution is 2.44. The second-order valence-electron chi connectivity index (χ2n) is 14.9. The summed E-state index contributed by atoms with van der Waals surface area (Å²) >= 11 is 0. The number of halogens is 5. The van der Waals surface area contributed by atoms with Crippen LogP contribution in [-0.2, 0) is 22.2 Å². The molecule has 1 aliphatic carbocycles. The van der Waals surface area contributed by atoms with Crippen LogP contribution in [0, 0.1) is 44.2 Å². The number of rotatable bonds is 15. The summed E-state index contributed by atoms with van der Waals surface area (Å²) in [6.07, 6.45) is -1.50. The van der Waals surface area contributed by atoms with E-state index in [1.54, 1.807) is 27.9 Å². The van der Waals surface area contributed by atoms with E-state index in [2.05, 4.69) is 5.32 Å². The van der Waals surface area contributed by atoms with Crippen LogP contribution in [0.1, 0.15) is 110 Å². The molecule has 1 saturated carbocycles. The predicted molar refractivity (Wildman–Crippen MR) is 191 cm³/mol. The number of aromatic nitrogens is 1. The van der Waals surface area contributed by atoms with Gasteiger partial charge in [0, 0.05) is 23.4 Å². The Morgan fingerprint density at radius 1 is 1.00 bits per heavy atom. The molecule has 1 fully saturated rings. The number of carboxylic acids is 1. The fourth-order valence-corrected chi connectivity index (χ4v) is 7.18. The van der Waals surface area contributed by atoms with Gasteiger partial charge in [-0.05, 0) is 131 Å². The lowest BCUT2D eigenvalue weighted by molar-refractivity contribution is -0.143. The zero-order valence-electron chi connectivity index (χ0n) is 31.2. The first-order valence-corrected chi connectivity index (χ1v) is 17.9. The number of alkyl halides is 3. The Kier molecular flexibility index (Phi) is 12.8. The van der Waals surface area contributed by atoms with Crippen molar-refractivity contribution in [1.82, 2.24) is 14.8 Å². The molecule has 52 heavy (non-hydrogen) atoms. The molecule has 2 aromatic carbocycles. The number of aryl methyl sites for hydroxylation is 4. The van der Waals surface area contributed by atoms with E-state index in [1.807, 2.05) is 30.9 Å². The first kappa shape index (κ1) is 40.7. The Balaban J connectivity index is 1.87. The van der Waals surface area contributed by atoms with E-state index in [0.29, 0.717) is 30.5 Å². The van der Waals surface area contributed by atoms with Crippen LogP contribution in [-0.4, -0.2) is 47.1 Å². The normalized spacial score (nSPS) is 15.2. The van der Waals surface area contributed by atoms with Crippen molar-refractivity contribution in [3.05, 3.63) is 91.4 Å². The van der Waals surface area contributed by atoms with E-state index in [9.17, 15) is 32.7 Å². The van der Waals surface area contributed by atoms with E-state index >= 15 is 8.78 Å². The van der Waals surface area contributed by atoms with Gasteiger partial charge in [-0.1, -0.05) is 32.9 Å². The molecule has 2 unspecified atom stereocenters. The number of nitrogens with one attached hydrogen (secondary N) is 1. The molecule has 3 atom stereocenters. The van der Waals surface area contributed by atoms with Crippen molar-refractivity contribution in [2.45, 2.75) is 104 Å². The molecule has 7 nitrogen and oxygen atoms in total. The first-order valence-electron chi connectivity index (χ1n) is 17.9. The van der Waals surface area contributed by atoms with E-state index in [4.69, 9.17) is 0 Å². The average molecular weight is 732 g/mol. The van der Waals surface area contributed by atoms with Gasteiger partial charge < -0.3 is 19.9 Å². The van der Waals surface area contributed by atoms with Gasteiger partial charge in [-0.3, -0.25) is 14.4 Å². The number of carboxylic acid groups (broad SMARTS) is 1. The molecule has 1 aromatic heterocycles.